The molecular formula is C15H24N4O. The van der Waals surface area contributed by atoms with Crippen molar-refractivity contribution in [2.24, 2.45) is 5.92 Å². The van der Waals surface area contributed by atoms with Crippen LogP contribution >= 0.6 is 0 Å². The van der Waals surface area contributed by atoms with Gasteiger partial charge in [-0.15, -0.1) is 0 Å². The lowest BCUT2D eigenvalue weighted by Gasteiger charge is -2.27. The van der Waals surface area contributed by atoms with E-state index in [1.807, 2.05) is 26.2 Å². The van der Waals surface area contributed by atoms with Gasteiger partial charge >= 0.3 is 0 Å². The van der Waals surface area contributed by atoms with E-state index in [1.165, 1.54) is 0 Å². The van der Waals surface area contributed by atoms with Gasteiger partial charge in [-0.3, -0.25) is 4.79 Å². The number of carbonyl (C=O) groups excluding carboxylic acids is 1. The molecule has 1 fully saturated rings. The van der Waals surface area contributed by atoms with Gasteiger partial charge in [0.05, 0.1) is 0 Å². The molecular weight excluding hydrogens is 252 g/mol. The Balaban J connectivity index is 1.96. The first-order valence-corrected chi connectivity index (χ1v) is 7.18. The van der Waals surface area contributed by atoms with Crippen LogP contribution in [0.4, 0.5) is 5.82 Å². The molecule has 0 spiro atoms. The van der Waals surface area contributed by atoms with E-state index in [-0.39, 0.29) is 11.8 Å². The Hall–Kier alpha value is -1.46. The predicted molar refractivity (Wildman–Crippen MR) is 80.4 cm³/mol. The van der Waals surface area contributed by atoms with Gasteiger partial charge < -0.3 is 15.5 Å². The average Bonchev–Trinajstić information content (AvgIpc) is 2.38. The second-order valence-corrected chi connectivity index (χ2v) is 5.85. The fourth-order valence-electron chi connectivity index (χ4n) is 2.60. The maximum absolute atomic E-state index is 12.3. The normalized spacial score (nSPS) is 22.8. The van der Waals surface area contributed by atoms with E-state index in [2.05, 4.69) is 27.4 Å². The molecule has 0 radical (unpaired) electrons. The Bertz CT molecular complexity index is 461. The van der Waals surface area contributed by atoms with Crippen LogP contribution in [0.2, 0.25) is 0 Å². The zero-order valence-electron chi connectivity index (χ0n) is 12.5. The summed E-state index contributed by atoms with van der Waals surface area (Å²) in [5.74, 6) is 0.832. The summed E-state index contributed by atoms with van der Waals surface area (Å²) in [5, 5.41) is 6.31. The number of hydrogen-bond acceptors (Lipinski definition) is 4. The number of pyridine rings is 1. The van der Waals surface area contributed by atoms with Gasteiger partial charge in [0.1, 0.15) is 5.82 Å². The van der Waals surface area contributed by atoms with Crippen LogP contribution in [0.5, 0.6) is 0 Å². The van der Waals surface area contributed by atoms with E-state index in [1.54, 1.807) is 6.20 Å². The molecule has 0 unspecified atom stereocenters. The third-order valence-corrected chi connectivity index (χ3v) is 3.57. The van der Waals surface area contributed by atoms with Crippen molar-refractivity contribution in [2.45, 2.75) is 32.4 Å². The molecule has 5 heteroatoms. The fraction of sp³-hybridized carbons (Fsp3) is 0.600. The lowest BCUT2D eigenvalue weighted by molar-refractivity contribution is -0.120. The number of aromatic nitrogens is 1. The molecule has 1 aromatic rings. The van der Waals surface area contributed by atoms with Gasteiger partial charge in [0.15, 0.2) is 0 Å². The van der Waals surface area contributed by atoms with Gasteiger partial charge in [-0.25, -0.2) is 4.98 Å². The van der Waals surface area contributed by atoms with Gasteiger partial charge in [-0.05, 0) is 58.1 Å². The fourth-order valence-corrected chi connectivity index (χ4v) is 2.60. The van der Waals surface area contributed by atoms with E-state index in [0.717, 1.165) is 31.5 Å². The molecule has 110 valence electrons. The SMILES string of the molecule is C[C@H]1C[C@@H](C(=O)Nc2cc(CN(C)C)ccn2)CCN1. The first-order valence-electron chi connectivity index (χ1n) is 7.18. The van der Waals surface area contributed by atoms with E-state index >= 15 is 0 Å². The molecule has 2 N–H and O–H groups in total. The van der Waals surface area contributed by atoms with Crippen molar-refractivity contribution in [3.05, 3.63) is 23.9 Å². The predicted octanol–water partition coefficient (Wildman–Crippen LogP) is 1.47. The Labute approximate surface area is 120 Å². The summed E-state index contributed by atoms with van der Waals surface area (Å²) in [6, 6.07) is 4.33. The molecule has 1 amide bonds. The number of amides is 1. The van der Waals surface area contributed by atoms with Crippen molar-refractivity contribution < 1.29 is 4.79 Å². The van der Waals surface area contributed by atoms with E-state index in [0.29, 0.717) is 11.9 Å². The third kappa shape index (κ3) is 4.28. The van der Waals surface area contributed by atoms with Crippen molar-refractivity contribution in [3.8, 4) is 0 Å². The van der Waals surface area contributed by atoms with Crippen LogP contribution in [-0.4, -0.2) is 42.5 Å². The zero-order valence-corrected chi connectivity index (χ0v) is 12.5. The summed E-state index contributed by atoms with van der Waals surface area (Å²) in [6.45, 7) is 3.87. The van der Waals surface area contributed by atoms with Crippen LogP contribution in [0, 0.1) is 5.92 Å². The number of carbonyl (C=O) groups is 1. The van der Waals surface area contributed by atoms with E-state index in [9.17, 15) is 4.79 Å². The third-order valence-electron chi connectivity index (χ3n) is 3.57. The first kappa shape index (κ1) is 14.9. The highest BCUT2D eigenvalue weighted by molar-refractivity contribution is 5.91. The number of hydrogen-bond donors (Lipinski definition) is 2. The maximum atomic E-state index is 12.3. The minimum Gasteiger partial charge on any atom is -0.314 e. The standard InChI is InChI=1S/C15H24N4O/c1-11-8-13(5-7-16-11)15(20)18-14-9-12(4-6-17-14)10-19(2)3/h4,6,9,11,13,16H,5,7-8,10H2,1-3H3,(H,17,18,20)/t11-,13-/m0/s1. The monoisotopic (exact) mass is 276 g/mol. The summed E-state index contributed by atoms with van der Waals surface area (Å²) >= 11 is 0. The quantitative estimate of drug-likeness (QED) is 0.874. The summed E-state index contributed by atoms with van der Waals surface area (Å²) in [5.41, 5.74) is 1.15. The Morgan fingerprint density at radius 2 is 2.35 bits per heavy atom. The Morgan fingerprint density at radius 1 is 1.55 bits per heavy atom. The smallest absolute Gasteiger partial charge is 0.228 e. The van der Waals surface area contributed by atoms with Crippen molar-refractivity contribution in [1.82, 2.24) is 15.2 Å². The molecule has 20 heavy (non-hydrogen) atoms. The highest BCUT2D eigenvalue weighted by atomic mass is 16.1. The minimum atomic E-state index is 0.0885. The van der Waals surface area contributed by atoms with Crippen LogP contribution in [0.15, 0.2) is 18.3 Å². The lowest BCUT2D eigenvalue weighted by Crippen LogP contribution is -2.40. The van der Waals surface area contributed by atoms with Crippen molar-refractivity contribution in [2.75, 3.05) is 26.0 Å². The van der Waals surface area contributed by atoms with Crippen LogP contribution in [0.3, 0.4) is 0 Å². The molecule has 0 aliphatic carbocycles. The number of anilines is 1. The molecule has 0 saturated carbocycles. The molecule has 2 rings (SSSR count). The number of nitrogens with zero attached hydrogens (tertiary/aromatic N) is 2. The van der Waals surface area contributed by atoms with Crippen LogP contribution in [0.25, 0.3) is 0 Å². The highest BCUT2D eigenvalue weighted by Crippen LogP contribution is 2.18. The molecule has 0 bridgehead atoms. The average molecular weight is 276 g/mol. The first-order chi connectivity index (χ1) is 9.54. The maximum Gasteiger partial charge on any atom is 0.228 e. The highest BCUT2D eigenvalue weighted by Gasteiger charge is 2.24. The molecule has 1 saturated heterocycles. The molecule has 5 nitrogen and oxygen atoms in total. The van der Waals surface area contributed by atoms with Gasteiger partial charge in [0.2, 0.25) is 5.91 Å². The van der Waals surface area contributed by atoms with Crippen LogP contribution in [-0.2, 0) is 11.3 Å². The molecule has 1 aliphatic rings. The number of rotatable bonds is 4. The molecule has 1 aliphatic heterocycles. The zero-order chi connectivity index (χ0) is 14.5. The summed E-state index contributed by atoms with van der Waals surface area (Å²) in [7, 11) is 4.05. The number of piperidine rings is 1. The minimum absolute atomic E-state index is 0.0885. The summed E-state index contributed by atoms with van der Waals surface area (Å²) in [4.78, 5) is 18.6. The molecule has 2 atom stereocenters. The van der Waals surface area contributed by atoms with Gasteiger partial charge in [-0.2, -0.15) is 0 Å². The number of nitrogens with one attached hydrogen (secondary N) is 2. The molecule has 2 heterocycles. The van der Waals surface area contributed by atoms with Crippen LogP contribution < -0.4 is 10.6 Å². The Kier molecular flexibility index (Phi) is 5.09. The topological polar surface area (TPSA) is 57.3 Å². The molecule has 1 aromatic heterocycles. The van der Waals surface area contributed by atoms with Gasteiger partial charge in [0, 0.05) is 24.7 Å². The van der Waals surface area contributed by atoms with Crippen LogP contribution in [0.1, 0.15) is 25.3 Å². The van der Waals surface area contributed by atoms with Crippen molar-refractivity contribution in [1.29, 1.82) is 0 Å². The van der Waals surface area contributed by atoms with E-state index in [4.69, 9.17) is 0 Å². The van der Waals surface area contributed by atoms with E-state index < -0.39 is 0 Å². The second kappa shape index (κ2) is 6.81. The molecule has 0 aromatic carbocycles. The summed E-state index contributed by atoms with van der Waals surface area (Å²) in [6.07, 6.45) is 3.54. The Morgan fingerprint density at radius 3 is 3.05 bits per heavy atom. The van der Waals surface area contributed by atoms with Gasteiger partial charge in [0.25, 0.3) is 0 Å². The lowest BCUT2D eigenvalue weighted by atomic mass is 9.92. The second-order valence-electron chi connectivity index (χ2n) is 5.85. The summed E-state index contributed by atoms with van der Waals surface area (Å²) < 4.78 is 0. The van der Waals surface area contributed by atoms with Crippen molar-refractivity contribution in [3.63, 3.8) is 0 Å². The largest absolute Gasteiger partial charge is 0.314 e. The van der Waals surface area contributed by atoms with Gasteiger partial charge in [-0.1, -0.05) is 0 Å². The van der Waals surface area contributed by atoms with Crippen molar-refractivity contribution >= 4 is 11.7 Å².